The predicted octanol–water partition coefficient (Wildman–Crippen LogP) is 5.03. The van der Waals surface area contributed by atoms with Crippen LogP contribution < -0.4 is 5.11 Å². The summed E-state index contributed by atoms with van der Waals surface area (Å²) in [6.07, 6.45) is 0.598. The molecule has 0 fully saturated rings. The Hall–Kier alpha value is -3.65. The van der Waals surface area contributed by atoms with Gasteiger partial charge in [0.15, 0.2) is 0 Å². The summed E-state index contributed by atoms with van der Waals surface area (Å²) >= 11 is 0. The topological polar surface area (TPSA) is 40.1 Å². The first-order valence-electron chi connectivity index (χ1n) is 9.79. The Bertz CT molecular complexity index is 1380. The maximum Gasteiger partial charge on any atom is 0.0458 e. The van der Waals surface area contributed by atoms with E-state index in [0.717, 1.165) is 21.9 Å². The largest absolute Gasteiger partial charge is 0.550 e. The molecule has 2 nitrogen and oxygen atoms in total. The molecule has 0 bridgehead atoms. The van der Waals surface area contributed by atoms with E-state index in [1.165, 1.54) is 27.1 Å². The highest BCUT2D eigenvalue weighted by Crippen LogP contribution is 2.32. The lowest BCUT2D eigenvalue weighted by Gasteiger charge is -2.16. The first-order chi connectivity index (χ1) is 14.2. The van der Waals surface area contributed by atoms with Gasteiger partial charge in [-0.3, -0.25) is 0 Å². The van der Waals surface area contributed by atoms with Gasteiger partial charge in [0.2, 0.25) is 0 Å². The molecule has 0 N–H and O–H groups in total. The average molecular weight is 375 g/mol. The Morgan fingerprint density at radius 3 is 2.00 bits per heavy atom. The number of hydrogen-bond acceptors (Lipinski definition) is 2. The van der Waals surface area contributed by atoms with Gasteiger partial charge < -0.3 is 9.90 Å². The minimum atomic E-state index is -1.05. The summed E-state index contributed by atoms with van der Waals surface area (Å²) in [4.78, 5) is 11.4. The maximum absolute atomic E-state index is 11.4. The maximum atomic E-state index is 11.4. The van der Waals surface area contributed by atoms with Crippen LogP contribution >= 0.6 is 0 Å². The molecule has 5 aromatic carbocycles. The molecule has 0 aliphatic rings. The van der Waals surface area contributed by atoms with Crippen LogP contribution in [-0.4, -0.2) is 5.97 Å². The van der Waals surface area contributed by atoms with Gasteiger partial charge in [-0.15, -0.1) is 0 Å². The number of rotatable bonds is 4. The van der Waals surface area contributed by atoms with E-state index >= 15 is 0 Å². The van der Waals surface area contributed by atoms with Crippen LogP contribution in [0.25, 0.3) is 32.3 Å². The SMILES string of the molecule is O=C([O-])Cc1ccc2ccccc2c1Cc1cc2ccccc2c2ccccc12. The Balaban J connectivity index is 1.77. The lowest BCUT2D eigenvalue weighted by molar-refractivity contribution is -0.304. The summed E-state index contributed by atoms with van der Waals surface area (Å²) in [5, 5.41) is 18.5. The van der Waals surface area contributed by atoms with Crippen molar-refractivity contribution in [1.29, 1.82) is 0 Å². The molecule has 0 saturated heterocycles. The highest BCUT2D eigenvalue weighted by molar-refractivity contribution is 6.09. The second-order valence-electron chi connectivity index (χ2n) is 7.45. The minimum absolute atomic E-state index is 0.0777. The van der Waals surface area contributed by atoms with Crippen molar-refractivity contribution >= 4 is 38.3 Å². The van der Waals surface area contributed by atoms with E-state index in [0.29, 0.717) is 6.42 Å². The summed E-state index contributed by atoms with van der Waals surface area (Å²) in [6.45, 7) is 0. The molecule has 0 amide bonds. The van der Waals surface area contributed by atoms with E-state index < -0.39 is 5.97 Å². The van der Waals surface area contributed by atoms with E-state index in [2.05, 4.69) is 66.7 Å². The van der Waals surface area contributed by atoms with E-state index in [9.17, 15) is 9.90 Å². The number of carbonyl (C=O) groups excluding carboxylic acids is 1. The fourth-order valence-corrected chi connectivity index (χ4v) is 4.38. The Kier molecular flexibility index (Phi) is 4.25. The standard InChI is InChI=1S/C27H20O2/c28-27(29)17-20-14-13-18-7-1-3-9-22(18)26(20)16-21-15-19-8-2-4-10-23(19)25-12-6-5-11-24(21)25/h1-15H,16-17H2,(H,28,29)/p-1. The fourth-order valence-electron chi connectivity index (χ4n) is 4.38. The molecule has 0 aliphatic carbocycles. The van der Waals surface area contributed by atoms with Crippen molar-refractivity contribution in [2.24, 2.45) is 0 Å². The quantitative estimate of drug-likeness (QED) is 0.413. The Morgan fingerprint density at radius 1 is 0.621 bits per heavy atom. The van der Waals surface area contributed by atoms with Crippen LogP contribution in [0.1, 0.15) is 16.7 Å². The highest BCUT2D eigenvalue weighted by Gasteiger charge is 2.12. The number of hydrogen-bond donors (Lipinski definition) is 0. The first kappa shape index (κ1) is 17.4. The van der Waals surface area contributed by atoms with Gasteiger partial charge in [-0.2, -0.15) is 0 Å². The summed E-state index contributed by atoms with van der Waals surface area (Å²) < 4.78 is 0. The molecule has 0 unspecified atom stereocenters. The van der Waals surface area contributed by atoms with Crippen LogP contribution in [-0.2, 0) is 17.6 Å². The summed E-state index contributed by atoms with van der Waals surface area (Å²) in [5.74, 6) is -1.05. The monoisotopic (exact) mass is 375 g/mol. The molecule has 0 atom stereocenters. The number of benzene rings is 5. The van der Waals surface area contributed by atoms with Gasteiger partial charge in [-0.1, -0.05) is 91.0 Å². The Morgan fingerprint density at radius 2 is 1.24 bits per heavy atom. The van der Waals surface area contributed by atoms with Crippen LogP contribution in [0.4, 0.5) is 0 Å². The molecule has 0 spiro atoms. The molecule has 29 heavy (non-hydrogen) atoms. The summed E-state index contributed by atoms with van der Waals surface area (Å²) in [7, 11) is 0. The summed E-state index contributed by atoms with van der Waals surface area (Å²) in [5.41, 5.74) is 3.09. The molecular formula is C27H19O2-. The van der Waals surface area contributed by atoms with Gasteiger partial charge in [0.25, 0.3) is 0 Å². The smallest absolute Gasteiger partial charge is 0.0458 e. The molecular weight excluding hydrogens is 356 g/mol. The average Bonchev–Trinajstić information content (AvgIpc) is 2.75. The summed E-state index contributed by atoms with van der Waals surface area (Å²) in [6, 6.07) is 31.2. The zero-order valence-corrected chi connectivity index (χ0v) is 15.9. The number of aliphatic carboxylic acids is 1. The van der Waals surface area contributed by atoms with Crippen molar-refractivity contribution in [2.75, 3.05) is 0 Å². The van der Waals surface area contributed by atoms with E-state index in [1.807, 2.05) is 24.3 Å². The second kappa shape index (κ2) is 7.06. The zero-order valence-electron chi connectivity index (χ0n) is 15.9. The van der Waals surface area contributed by atoms with Crippen molar-refractivity contribution in [3.05, 3.63) is 108 Å². The second-order valence-corrected chi connectivity index (χ2v) is 7.45. The molecule has 0 radical (unpaired) electrons. The zero-order chi connectivity index (χ0) is 19.8. The number of fused-ring (bicyclic) bond motifs is 4. The van der Waals surface area contributed by atoms with Crippen LogP contribution in [0.3, 0.4) is 0 Å². The van der Waals surface area contributed by atoms with Crippen LogP contribution in [0, 0.1) is 0 Å². The Labute approximate surface area is 169 Å². The van der Waals surface area contributed by atoms with Gasteiger partial charge in [-0.25, -0.2) is 0 Å². The van der Waals surface area contributed by atoms with Crippen LogP contribution in [0.2, 0.25) is 0 Å². The van der Waals surface area contributed by atoms with Gasteiger partial charge >= 0.3 is 0 Å². The fraction of sp³-hybridized carbons (Fsp3) is 0.0741. The lowest BCUT2D eigenvalue weighted by atomic mass is 9.89. The highest BCUT2D eigenvalue weighted by atomic mass is 16.4. The molecule has 5 rings (SSSR count). The number of carboxylic acids is 1. The molecule has 0 aromatic heterocycles. The van der Waals surface area contributed by atoms with E-state index in [-0.39, 0.29) is 6.42 Å². The minimum Gasteiger partial charge on any atom is -0.550 e. The third-order valence-corrected chi connectivity index (χ3v) is 5.69. The van der Waals surface area contributed by atoms with E-state index in [1.54, 1.807) is 0 Å². The van der Waals surface area contributed by atoms with Gasteiger partial charge in [0.1, 0.15) is 0 Å². The first-order valence-corrected chi connectivity index (χ1v) is 9.79. The third kappa shape index (κ3) is 3.13. The lowest BCUT2D eigenvalue weighted by Crippen LogP contribution is -2.25. The van der Waals surface area contributed by atoms with E-state index in [4.69, 9.17) is 0 Å². The third-order valence-electron chi connectivity index (χ3n) is 5.69. The molecule has 2 heteroatoms. The van der Waals surface area contributed by atoms with Crippen LogP contribution in [0.5, 0.6) is 0 Å². The normalized spacial score (nSPS) is 11.3. The van der Waals surface area contributed by atoms with Crippen molar-refractivity contribution in [3.8, 4) is 0 Å². The number of carbonyl (C=O) groups is 1. The van der Waals surface area contributed by atoms with Crippen molar-refractivity contribution in [2.45, 2.75) is 12.8 Å². The number of carboxylic acid groups (broad SMARTS) is 1. The molecule has 5 aromatic rings. The van der Waals surface area contributed by atoms with Crippen molar-refractivity contribution in [1.82, 2.24) is 0 Å². The molecule has 0 saturated carbocycles. The van der Waals surface area contributed by atoms with Gasteiger partial charge in [0.05, 0.1) is 0 Å². The van der Waals surface area contributed by atoms with Crippen molar-refractivity contribution < 1.29 is 9.90 Å². The molecule has 140 valence electrons. The molecule has 0 heterocycles. The van der Waals surface area contributed by atoms with Crippen molar-refractivity contribution in [3.63, 3.8) is 0 Å². The van der Waals surface area contributed by atoms with Gasteiger partial charge in [-0.05, 0) is 55.4 Å². The predicted molar refractivity (Wildman–Crippen MR) is 117 cm³/mol. The van der Waals surface area contributed by atoms with Gasteiger partial charge in [0, 0.05) is 12.4 Å². The molecule has 0 aliphatic heterocycles. The van der Waals surface area contributed by atoms with Crippen LogP contribution in [0.15, 0.2) is 91.0 Å².